The molecule has 1 unspecified atom stereocenters. The standard InChI is InChI=1S/C14H30NO5Si/c1-12(2)14(16)20-13(3)15(4,5)10-9-11-21(17-6,18-7)19-8/h13H,1,9-11H2,2-8H3/q+1. The van der Waals surface area contributed by atoms with E-state index in [1.165, 1.54) is 0 Å². The van der Waals surface area contributed by atoms with E-state index < -0.39 is 8.80 Å². The minimum absolute atomic E-state index is 0.252. The second kappa shape index (κ2) is 8.65. The highest BCUT2D eigenvalue weighted by Gasteiger charge is 2.38. The molecule has 0 bridgehead atoms. The molecule has 0 N–H and O–H groups in total. The molecule has 0 rings (SSSR count). The lowest BCUT2D eigenvalue weighted by Gasteiger charge is -2.35. The van der Waals surface area contributed by atoms with Gasteiger partial charge in [0.25, 0.3) is 0 Å². The molecule has 124 valence electrons. The zero-order chi connectivity index (χ0) is 16.7. The van der Waals surface area contributed by atoms with Gasteiger partial charge >= 0.3 is 14.8 Å². The van der Waals surface area contributed by atoms with Crippen LogP contribution >= 0.6 is 0 Å². The quantitative estimate of drug-likeness (QED) is 0.202. The minimum atomic E-state index is -2.53. The molecule has 21 heavy (non-hydrogen) atoms. The van der Waals surface area contributed by atoms with Crippen LogP contribution in [0.2, 0.25) is 6.04 Å². The summed E-state index contributed by atoms with van der Waals surface area (Å²) >= 11 is 0. The van der Waals surface area contributed by atoms with Crippen molar-refractivity contribution in [3.63, 3.8) is 0 Å². The summed E-state index contributed by atoms with van der Waals surface area (Å²) in [7, 11) is 6.33. The van der Waals surface area contributed by atoms with Gasteiger partial charge in [-0.05, 0) is 6.92 Å². The minimum Gasteiger partial charge on any atom is -0.409 e. The molecule has 0 radical (unpaired) electrons. The molecule has 0 aromatic carbocycles. The van der Waals surface area contributed by atoms with Crippen LogP contribution in [-0.4, -0.2) is 67.5 Å². The van der Waals surface area contributed by atoms with Crippen molar-refractivity contribution < 1.29 is 27.3 Å². The van der Waals surface area contributed by atoms with Gasteiger partial charge < -0.3 is 18.0 Å². The first-order valence-electron chi connectivity index (χ1n) is 6.98. The van der Waals surface area contributed by atoms with Crippen molar-refractivity contribution in [1.29, 1.82) is 0 Å². The number of rotatable bonds is 10. The van der Waals surface area contributed by atoms with Gasteiger partial charge in [-0.3, -0.25) is 4.48 Å². The van der Waals surface area contributed by atoms with Gasteiger partial charge in [-0.15, -0.1) is 0 Å². The lowest BCUT2D eigenvalue weighted by molar-refractivity contribution is -0.932. The van der Waals surface area contributed by atoms with Crippen LogP contribution in [0.4, 0.5) is 0 Å². The maximum atomic E-state index is 11.6. The van der Waals surface area contributed by atoms with E-state index in [-0.39, 0.29) is 12.2 Å². The predicted octanol–water partition coefficient (Wildman–Crippen LogP) is 1.80. The Kier molecular flexibility index (Phi) is 8.35. The Morgan fingerprint density at radius 2 is 1.67 bits per heavy atom. The molecule has 0 amide bonds. The second-order valence-electron chi connectivity index (χ2n) is 5.69. The zero-order valence-electron chi connectivity index (χ0n) is 14.4. The summed E-state index contributed by atoms with van der Waals surface area (Å²) in [5, 5.41) is 0. The van der Waals surface area contributed by atoms with E-state index in [9.17, 15) is 4.79 Å². The van der Waals surface area contributed by atoms with Gasteiger partial charge in [0.2, 0.25) is 6.23 Å². The smallest absolute Gasteiger partial charge is 0.409 e. The molecule has 0 aliphatic carbocycles. The third-order valence-electron chi connectivity index (χ3n) is 3.76. The van der Waals surface area contributed by atoms with Crippen LogP contribution in [-0.2, 0) is 22.8 Å². The van der Waals surface area contributed by atoms with Gasteiger partial charge in [0.05, 0.1) is 20.6 Å². The fourth-order valence-corrected chi connectivity index (χ4v) is 3.54. The van der Waals surface area contributed by atoms with E-state index in [1.807, 2.05) is 21.0 Å². The van der Waals surface area contributed by atoms with Crippen LogP contribution < -0.4 is 0 Å². The monoisotopic (exact) mass is 320 g/mol. The lowest BCUT2D eigenvalue weighted by atomic mass is 10.3. The molecule has 7 heteroatoms. The summed E-state index contributed by atoms with van der Waals surface area (Å²) in [4.78, 5) is 11.6. The Labute approximate surface area is 129 Å². The summed E-state index contributed by atoms with van der Waals surface area (Å²) in [5.41, 5.74) is 0.409. The average molecular weight is 320 g/mol. The number of hydrogen-bond acceptors (Lipinski definition) is 5. The number of ether oxygens (including phenoxy) is 1. The van der Waals surface area contributed by atoms with Crippen LogP contribution in [0.5, 0.6) is 0 Å². The summed E-state index contributed by atoms with van der Waals surface area (Å²) in [6.45, 7) is 7.93. The Bertz CT molecular complexity index is 347. The van der Waals surface area contributed by atoms with Crippen LogP contribution in [0, 0.1) is 0 Å². The van der Waals surface area contributed by atoms with Gasteiger partial charge in [-0.1, -0.05) is 6.58 Å². The number of nitrogens with zero attached hydrogens (tertiary/aromatic N) is 1. The van der Waals surface area contributed by atoms with Crippen molar-refractivity contribution in [2.45, 2.75) is 32.5 Å². The summed E-state index contributed by atoms with van der Waals surface area (Å²) in [5.74, 6) is -0.358. The zero-order valence-corrected chi connectivity index (χ0v) is 15.4. The summed E-state index contributed by atoms with van der Waals surface area (Å²) in [6.07, 6.45) is 0.599. The van der Waals surface area contributed by atoms with E-state index in [0.717, 1.165) is 19.0 Å². The largest absolute Gasteiger partial charge is 0.500 e. The van der Waals surface area contributed by atoms with E-state index in [1.54, 1.807) is 28.3 Å². The highest BCUT2D eigenvalue weighted by molar-refractivity contribution is 6.60. The molecule has 0 heterocycles. The molecule has 0 spiro atoms. The number of hydrogen-bond donors (Lipinski definition) is 0. The lowest BCUT2D eigenvalue weighted by Crippen LogP contribution is -2.51. The highest BCUT2D eigenvalue weighted by Crippen LogP contribution is 2.18. The second-order valence-corrected chi connectivity index (χ2v) is 8.78. The first kappa shape index (κ1) is 20.3. The summed E-state index contributed by atoms with van der Waals surface area (Å²) < 4.78 is 22.1. The van der Waals surface area contributed by atoms with Gasteiger partial charge in [0.15, 0.2) is 0 Å². The van der Waals surface area contributed by atoms with Crippen molar-refractivity contribution in [3.8, 4) is 0 Å². The molecular formula is C14H30NO5Si+. The van der Waals surface area contributed by atoms with Gasteiger partial charge in [0, 0.05) is 46.3 Å². The molecule has 6 nitrogen and oxygen atoms in total. The van der Waals surface area contributed by atoms with Crippen molar-refractivity contribution in [2.24, 2.45) is 0 Å². The maximum absolute atomic E-state index is 11.6. The van der Waals surface area contributed by atoms with Crippen molar-refractivity contribution in [2.75, 3.05) is 42.0 Å². The molecule has 0 aliphatic rings. The van der Waals surface area contributed by atoms with Crippen LogP contribution in [0.15, 0.2) is 12.2 Å². The highest BCUT2D eigenvalue weighted by atomic mass is 28.4. The Balaban J connectivity index is 4.47. The summed E-state index contributed by atoms with van der Waals surface area (Å²) in [6, 6.07) is 0.722. The fourth-order valence-electron chi connectivity index (χ4n) is 1.84. The molecule has 0 aromatic heterocycles. The molecule has 0 aromatic rings. The maximum Gasteiger partial charge on any atom is 0.500 e. The molecule has 0 aliphatic heterocycles. The Morgan fingerprint density at radius 3 is 2.05 bits per heavy atom. The van der Waals surface area contributed by atoms with Gasteiger partial charge in [-0.25, -0.2) is 4.79 Å². The van der Waals surface area contributed by atoms with E-state index in [2.05, 4.69) is 6.58 Å². The van der Waals surface area contributed by atoms with Crippen molar-refractivity contribution in [1.82, 2.24) is 0 Å². The number of carbonyl (C=O) groups is 1. The first-order chi connectivity index (χ1) is 9.64. The predicted molar refractivity (Wildman–Crippen MR) is 83.5 cm³/mol. The van der Waals surface area contributed by atoms with Crippen LogP contribution in [0.25, 0.3) is 0 Å². The molecule has 0 saturated carbocycles. The normalized spacial score (nSPS) is 13.9. The molecule has 1 atom stereocenters. The Morgan fingerprint density at radius 1 is 1.19 bits per heavy atom. The number of esters is 1. The fraction of sp³-hybridized carbons (Fsp3) is 0.786. The van der Waals surface area contributed by atoms with Crippen molar-refractivity contribution >= 4 is 14.8 Å². The van der Waals surface area contributed by atoms with Gasteiger partial charge in [-0.2, -0.15) is 0 Å². The third kappa shape index (κ3) is 6.27. The molecular weight excluding hydrogens is 290 g/mol. The molecule has 0 fully saturated rings. The van der Waals surface area contributed by atoms with Crippen LogP contribution in [0.3, 0.4) is 0 Å². The number of quaternary nitrogens is 1. The van der Waals surface area contributed by atoms with E-state index in [0.29, 0.717) is 10.1 Å². The average Bonchev–Trinajstić information content (AvgIpc) is 2.43. The number of carbonyl (C=O) groups excluding carboxylic acids is 1. The first-order valence-corrected chi connectivity index (χ1v) is 8.92. The van der Waals surface area contributed by atoms with Gasteiger partial charge in [0.1, 0.15) is 0 Å². The topological polar surface area (TPSA) is 54.0 Å². The van der Waals surface area contributed by atoms with Crippen molar-refractivity contribution in [3.05, 3.63) is 12.2 Å². The third-order valence-corrected chi connectivity index (χ3v) is 6.59. The SMILES string of the molecule is C=C(C)C(=O)OC(C)[N+](C)(C)CCC[Si](OC)(OC)OC. The van der Waals surface area contributed by atoms with E-state index >= 15 is 0 Å². The Hall–Kier alpha value is -0.733. The van der Waals surface area contributed by atoms with E-state index in [4.69, 9.17) is 18.0 Å². The van der Waals surface area contributed by atoms with Crippen LogP contribution in [0.1, 0.15) is 20.3 Å². The molecule has 0 saturated heterocycles.